The molecule has 4 rings (SSSR count). The number of thioether (sulfide) groups is 1. The number of carbonyl (C=O) groups is 1. The molecular weight excluding hydrogens is 396 g/mol. The van der Waals surface area contributed by atoms with Crippen molar-refractivity contribution in [2.45, 2.75) is 44.6 Å². The first-order chi connectivity index (χ1) is 13.2. The lowest BCUT2D eigenvalue weighted by Crippen LogP contribution is -2.32. The molecule has 1 aliphatic rings. The highest BCUT2D eigenvalue weighted by Crippen LogP contribution is 2.37. The lowest BCUT2D eigenvalue weighted by molar-refractivity contribution is -0.301. The molecule has 8 heteroatoms. The highest BCUT2D eigenvalue weighted by atomic mass is 32.2. The average molecular weight is 416 g/mol. The van der Waals surface area contributed by atoms with E-state index in [-0.39, 0.29) is 16.9 Å². The number of aromatic nitrogens is 2. The van der Waals surface area contributed by atoms with Crippen molar-refractivity contribution in [1.82, 2.24) is 9.55 Å². The maximum Gasteiger partial charge on any atom is 0.267 e. The van der Waals surface area contributed by atoms with Crippen molar-refractivity contribution in [2.75, 3.05) is 5.75 Å². The Bertz CT molecular complexity index is 1150. The zero-order valence-electron chi connectivity index (χ0n) is 15.8. The maximum atomic E-state index is 13.6. The van der Waals surface area contributed by atoms with Gasteiger partial charge in [-0.05, 0) is 44.0 Å². The number of carboxylic acid groups (broad SMARTS) is 1. The first kappa shape index (κ1) is 19.2. The number of fused-ring (bicyclic) bond motifs is 3. The third-order valence-electron chi connectivity index (χ3n) is 4.65. The third kappa shape index (κ3) is 3.47. The monoisotopic (exact) mass is 415 g/mol. The van der Waals surface area contributed by atoms with Gasteiger partial charge >= 0.3 is 0 Å². The number of hydrogen-bond acceptors (Lipinski definition) is 7. The molecule has 0 atom stereocenters. The Kier molecular flexibility index (Phi) is 4.81. The Morgan fingerprint density at radius 1 is 1.43 bits per heavy atom. The number of nitrogens with zero attached hydrogens (tertiary/aromatic N) is 2. The molecule has 3 aromatic rings. The summed E-state index contributed by atoms with van der Waals surface area (Å²) >= 11 is 2.44. The number of ether oxygens (including phenoxy) is 1. The molecule has 0 radical (unpaired) electrons. The van der Waals surface area contributed by atoms with E-state index < -0.39 is 5.97 Å². The molecule has 0 aliphatic carbocycles. The second-order valence-corrected chi connectivity index (χ2v) is 9.47. The predicted molar refractivity (Wildman–Crippen MR) is 108 cm³/mol. The minimum absolute atomic E-state index is 0.174. The molecule has 28 heavy (non-hydrogen) atoms. The zero-order valence-corrected chi connectivity index (χ0v) is 17.4. The lowest BCUT2D eigenvalue weighted by atomic mass is 9.94. The number of benzene rings is 1. The van der Waals surface area contributed by atoms with E-state index >= 15 is 0 Å². The van der Waals surface area contributed by atoms with Crippen molar-refractivity contribution >= 4 is 39.3 Å². The molecule has 146 valence electrons. The van der Waals surface area contributed by atoms with Gasteiger partial charge in [0.2, 0.25) is 0 Å². The third-order valence-corrected chi connectivity index (χ3v) is 6.66. The molecule has 6 nitrogen and oxygen atoms in total. The molecule has 0 spiro atoms. The topological polar surface area (TPSA) is 84.3 Å². The number of carbonyl (C=O) groups excluding carboxylic acids is 1. The second kappa shape index (κ2) is 7.02. The number of rotatable bonds is 4. The first-order valence-corrected chi connectivity index (χ1v) is 10.7. The largest absolute Gasteiger partial charge is 0.549 e. The van der Waals surface area contributed by atoms with Gasteiger partial charge in [0, 0.05) is 17.1 Å². The van der Waals surface area contributed by atoms with E-state index in [0.717, 1.165) is 27.8 Å². The minimum Gasteiger partial charge on any atom is -0.549 e. The molecule has 0 unspecified atom stereocenters. The molecule has 2 aromatic heterocycles. The molecule has 3 heterocycles. The van der Waals surface area contributed by atoms with Crippen molar-refractivity contribution in [3.63, 3.8) is 0 Å². The van der Waals surface area contributed by atoms with Gasteiger partial charge in [-0.3, -0.25) is 9.36 Å². The van der Waals surface area contributed by atoms with E-state index in [1.54, 1.807) is 0 Å². The molecular formula is C20H19N2O4S2-. The van der Waals surface area contributed by atoms with Gasteiger partial charge in [0.05, 0.1) is 29.3 Å². The van der Waals surface area contributed by atoms with Crippen molar-refractivity contribution in [2.24, 2.45) is 0 Å². The van der Waals surface area contributed by atoms with Crippen LogP contribution in [-0.2, 0) is 22.6 Å². The molecule has 0 bridgehead atoms. The standard InChI is InChI=1S/C20H20N2O4S2/c1-11-5-4-6-12(7-11)22-18(25)16-13-8-20(2,3)26-9-14(13)28-17(16)21-19(22)27-10-15(23)24/h4-7H,8-10H2,1-3H3,(H,23,24)/p-1. The van der Waals surface area contributed by atoms with Gasteiger partial charge in [0.1, 0.15) is 4.83 Å². The van der Waals surface area contributed by atoms with Crippen LogP contribution in [0.15, 0.2) is 34.2 Å². The van der Waals surface area contributed by atoms with Crippen LogP contribution in [0.1, 0.15) is 29.9 Å². The Morgan fingerprint density at radius 2 is 2.21 bits per heavy atom. The highest BCUT2D eigenvalue weighted by Gasteiger charge is 2.31. The molecule has 0 fully saturated rings. The van der Waals surface area contributed by atoms with Crippen LogP contribution >= 0.6 is 23.1 Å². The number of carboxylic acids is 1. The van der Waals surface area contributed by atoms with E-state index in [1.165, 1.54) is 15.9 Å². The summed E-state index contributed by atoms with van der Waals surface area (Å²) in [5.41, 5.74) is 2.15. The van der Waals surface area contributed by atoms with Crippen molar-refractivity contribution in [3.05, 3.63) is 50.6 Å². The summed E-state index contributed by atoms with van der Waals surface area (Å²) in [5, 5.41) is 12.0. The quantitative estimate of drug-likeness (QED) is 0.481. The molecule has 0 saturated heterocycles. The van der Waals surface area contributed by atoms with Crippen molar-refractivity contribution < 1.29 is 14.6 Å². The summed E-state index contributed by atoms with van der Waals surface area (Å²) < 4.78 is 7.40. The van der Waals surface area contributed by atoms with Gasteiger partial charge < -0.3 is 14.6 Å². The fraction of sp³-hybridized carbons (Fsp3) is 0.350. The van der Waals surface area contributed by atoms with Crippen LogP contribution < -0.4 is 10.7 Å². The Hall–Kier alpha value is -2.16. The summed E-state index contributed by atoms with van der Waals surface area (Å²) in [5.74, 6) is -1.47. The summed E-state index contributed by atoms with van der Waals surface area (Å²) in [6, 6.07) is 7.54. The van der Waals surface area contributed by atoms with Crippen LogP contribution in [0.25, 0.3) is 15.9 Å². The van der Waals surface area contributed by atoms with Crippen LogP contribution in [0.2, 0.25) is 0 Å². The van der Waals surface area contributed by atoms with E-state index in [2.05, 4.69) is 4.98 Å². The second-order valence-electron chi connectivity index (χ2n) is 7.44. The molecule has 0 N–H and O–H groups in total. The Labute approximate surface area is 170 Å². The van der Waals surface area contributed by atoms with Crippen LogP contribution in [0, 0.1) is 6.92 Å². The maximum absolute atomic E-state index is 13.6. The van der Waals surface area contributed by atoms with Crippen LogP contribution in [-0.4, -0.2) is 26.9 Å². The summed E-state index contributed by atoms with van der Waals surface area (Å²) in [4.78, 5) is 30.9. The van der Waals surface area contributed by atoms with Gasteiger partial charge in [-0.25, -0.2) is 4.98 Å². The average Bonchev–Trinajstić information content (AvgIpc) is 2.96. The van der Waals surface area contributed by atoms with Crippen LogP contribution in [0.3, 0.4) is 0 Å². The van der Waals surface area contributed by atoms with Gasteiger partial charge in [-0.2, -0.15) is 0 Å². The number of aryl methyl sites for hydroxylation is 1. The zero-order chi connectivity index (χ0) is 20.1. The van der Waals surface area contributed by atoms with E-state index in [9.17, 15) is 14.7 Å². The van der Waals surface area contributed by atoms with Gasteiger partial charge in [-0.1, -0.05) is 23.9 Å². The number of hydrogen-bond donors (Lipinski definition) is 0. The molecule has 1 aromatic carbocycles. The van der Waals surface area contributed by atoms with Crippen LogP contribution in [0.4, 0.5) is 0 Å². The minimum atomic E-state index is -1.20. The first-order valence-electron chi connectivity index (χ1n) is 8.86. The lowest BCUT2D eigenvalue weighted by Gasteiger charge is -2.29. The normalized spacial score (nSPS) is 15.5. The Balaban J connectivity index is 1.98. The molecule has 0 saturated carbocycles. The smallest absolute Gasteiger partial charge is 0.267 e. The van der Waals surface area contributed by atoms with E-state index in [1.807, 2.05) is 45.0 Å². The summed E-state index contributed by atoms with van der Waals surface area (Å²) in [7, 11) is 0. The summed E-state index contributed by atoms with van der Waals surface area (Å²) in [6.07, 6.45) is 0.638. The van der Waals surface area contributed by atoms with Crippen LogP contribution in [0.5, 0.6) is 0 Å². The fourth-order valence-electron chi connectivity index (χ4n) is 3.39. The number of aliphatic carboxylic acids is 1. The van der Waals surface area contributed by atoms with Crippen molar-refractivity contribution in [1.29, 1.82) is 0 Å². The van der Waals surface area contributed by atoms with Gasteiger partial charge in [0.25, 0.3) is 5.56 Å². The van der Waals surface area contributed by atoms with Crippen molar-refractivity contribution in [3.8, 4) is 5.69 Å². The highest BCUT2D eigenvalue weighted by molar-refractivity contribution is 7.99. The fourth-order valence-corrected chi connectivity index (χ4v) is 5.26. The van der Waals surface area contributed by atoms with Gasteiger partial charge in [-0.15, -0.1) is 11.3 Å². The Morgan fingerprint density at radius 3 is 2.93 bits per heavy atom. The van der Waals surface area contributed by atoms with E-state index in [4.69, 9.17) is 4.74 Å². The number of thiophene rings is 1. The summed E-state index contributed by atoms with van der Waals surface area (Å²) in [6.45, 7) is 6.42. The van der Waals surface area contributed by atoms with Gasteiger partial charge in [0.15, 0.2) is 5.16 Å². The molecule has 0 amide bonds. The SMILES string of the molecule is Cc1cccc(-n2c(SCC(=O)[O-])nc3sc4c(c3c2=O)CC(C)(C)OC4)c1. The van der Waals surface area contributed by atoms with E-state index in [0.29, 0.717) is 34.1 Å². The molecule has 1 aliphatic heterocycles. The predicted octanol–water partition coefficient (Wildman–Crippen LogP) is 2.45.